The van der Waals surface area contributed by atoms with Crippen molar-refractivity contribution in [2.45, 2.75) is 45.6 Å². The molecule has 0 saturated carbocycles. The molecular formula is C16H24INO2. The smallest absolute Gasteiger partial charge is 0.251 e. The van der Waals surface area contributed by atoms with Crippen LogP contribution in [0.1, 0.15) is 49.9 Å². The molecule has 0 fully saturated rings. The van der Waals surface area contributed by atoms with Crippen LogP contribution in [-0.4, -0.2) is 23.0 Å². The molecule has 0 radical (unpaired) electrons. The number of halogens is 1. The van der Waals surface area contributed by atoms with Crippen LogP contribution in [0.3, 0.4) is 0 Å². The normalized spacial score (nSPS) is 10.6. The number of carbonyl (C=O) groups is 1. The second-order valence-electron chi connectivity index (χ2n) is 5.05. The number of hydrogen-bond donors (Lipinski definition) is 1. The fourth-order valence-electron chi connectivity index (χ4n) is 1.83. The average Bonchev–Trinajstić information content (AvgIpc) is 2.42. The monoisotopic (exact) mass is 389 g/mol. The number of hydrogen-bond acceptors (Lipinski definition) is 2. The number of ether oxygens (including phenoxy) is 1. The van der Waals surface area contributed by atoms with Crippen LogP contribution in [0.15, 0.2) is 24.3 Å². The molecule has 0 aliphatic heterocycles. The average molecular weight is 389 g/mol. The third kappa shape index (κ3) is 7.12. The van der Waals surface area contributed by atoms with Gasteiger partial charge in [-0.1, -0.05) is 35.4 Å². The molecule has 1 amide bonds. The van der Waals surface area contributed by atoms with E-state index in [2.05, 4.69) is 27.9 Å². The van der Waals surface area contributed by atoms with Gasteiger partial charge in [-0.15, -0.1) is 0 Å². The van der Waals surface area contributed by atoms with E-state index in [1.54, 1.807) is 0 Å². The van der Waals surface area contributed by atoms with Crippen molar-refractivity contribution in [2.24, 2.45) is 0 Å². The van der Waals surface area contributed by atoms with Crippen molar-refractivity contribution in [3.8, 4) is 5.75 Å². The third-order valence-electron chi connectivity index (χ3n) is 2.83. The molecule has 0 atom stereocenters. The summed E-state index contributed by atoms with van der Waals surface area (Å²) in [6.45, 7) is 4.72. The number of benzene rings is 1. The molecule has 1 aromatic rings. The van der Waals surface area contributed by atoms with E-state index in [-0.39, 0.29) is 12.0 Å². The molecule has 0 unspecified atom stereocenters. The molecule has 0 heterocycles. The SMILES string of the molecule is CC(C)Oc1ccc(C(=O)NCCCCCCI)cc1. The summed E-state index contributed by atoms with van der Waals surface area (Å²) in [4.78, 5) is 11.9. The minimum Gasteiger partial charge on any atom is -0.491 e. The molecular weight excluding hydrogens is 365 g/mol. The lowest BCUT2D eigenvalue weighted by atomic mass is 10.2. The van der Waals surface area contributed by atoms with Crippen LogP contribution >= 0.6 is 22.6 Å². The van der Waals surface area contributed by atoms with Crippen LogP contribution in [0.4, 0.5) is 0 Å². The summed E-state index contributed by atoms with van der Waals surface area (Å²) >= 11 is 2.40. The molecule has 1 rings (SSSR count). The van der Waals surface area contributed by atoms with E-state index in [0.29, 0.717) is 5.56 Å². The second-order valence-corrected chi connectivity index (χ2v) is 6.13. The number of alkyl halides is 1. The predicted molar refractivity (Wildman–Crippen MR) is 91.9 cm³/mol. The molecule has 1 aromatic carbocycles. The van der Waals surface area contributed by atoms with Crippen molar-refractivity contribution in [2.75, 3.05) is 11.0 Å². The van der Waals surface area contributed by atoms with E-state index in [9.17, 15) is 4.79 Å². The van der Waals surface area contributed by atoms with E-state index >= 15 is 0 Å². The standard InChI is InChI=1S/C16H24INO2/c1-13(2)20-15-9-7-14(8-10-15)16(19)18-12-6-4-3-5-11-17/h7-10,13H,3-6,11-12H2,1-2H3,(H,18,19). The Hall–Kier alpha value is -0.780. The van der Waals surface area contributed by atoms with Gasteiger partial charge in [0.05, 0.1) is 6.10 Å². The highest BCUT2D eigenvalue weighted by Crippen LogP contribution is 2.13. The lowest BCUT2D eigenvalue weighted by Gasteiger charge is -2.10. The number of rotatable bonds is 9. The third-order valence-corrected chi connectivity index (χ3v) is 3.60. The number of nitrogens with one attached hydrogen (secondary N) is 1. The van der Waals surface area contributed by atoms with E-state index in [1.165, 1.54) is 23.7 Å². The molecule has 0 aliphatic carbocycles. The van der Waals surface area contributed by atoms with Crippen LogP contribution in [0.2, 0.25) is 0 Å². The minimum atomic E-state index is -0.00464. The molecule has 20 heavy (non-hydrogen) atoms. The Balaban J connectivity index is 2.29. The van der Waals surface area contributed by atoms with Gasteiger partial charge < -0.3 is 10.1 Å². The van der Waals surface area contributed by atoms with E-state index in [0.717, 1.165) is 18.7 Å². The van der Waals surface area contributed by atoms with Gasteiger partial charge in [-0.3, -0.25) is 4.79 Å². The van der Waals surface area contributed by atoms with Gasteiger partial charge in [0.25, 0.3) is 5.91 Å². The quantitative estimate of drug-likeness (QED) is 0.391. The maximum atomic E-state index is 11.9. The van der Waals surface area contributed by atoms with Crippen LogP contribution in [0, 0.1) is 0 Å². The molecule has 112 valence electrons. The zero-order valence-electron chi connectivity index (χ0n) is 12.3. The van der Waals surface area contributed by atoms with Gasteiger partial charge in [-0.2, -0.15) is 0 Å². The maximum Gasteiger partial charge on any atom is 0.251 e. The summed E-state index contributed by atoms with van der Waals surface area (Å²) in [6.07, 6.45) is 4.91. The Labute approximate surface area is 135 Å². The van der Waals surface area contributed by atoms with E-state index in [4.69, 9.17) is 4.74 Å². The number of carbonyl (C=O) groups excluding carboxylic acids is 1. The van der Waals surface area contributed by atoms with Crippen molar-refractivity contribution >= 4 is 28.5 Å². The van der Waals surface area contributed by atoms with Gasteiger partial charge in [-0.25, -0.2) is 0 Å². The van der Waals surface area contributed by atoms with Gasteiger partial charge in [0.2, 0.25) is 0 Å². The van der Waals surface area contributed by atoms with Crippen LogP contribution in [-0.2, 0) is 0 Å². The molecule has 0 aliphatic rings. The van der Waals surface area contributed by atoms with Gasteiger partial charge in [0.15, 0.2) is 0 Å². The zero-order valence-corrected chi connectivity index (χ0v) is 14.5. The van der Waals surface area contributed by atoms with Gasteiger partial charge in [-0.05, 0) is 55.4 Å². The maximum absolute atomic E-state index is 11.9. The lowest BCUT2D eigenvalue weighted by Crippen LogP contribution is -2.24. The molecule has 1 N–H and O–H groups in total. The van der Waals surface area contributed by atoms with Crippen molar-refractivity contribution in [1.29, 1.82) is 0 Å². The highest BCUT2D eigenvalue weighted by Gasteiger charge is 2.05. The molecule has 3 nitrogen and oxygen atoms in total. The molecule has 0 bridgehead atoms. The fourth-order valence-corrected chi connectivity index (χ4v) is 2.37. The fraction of sp³-hybridized carbons (Fsp3) is 0.562. The number of unbranched alkanes of at least 4 members (excludes halogenated alkanes) is 3. The molecule has 0 spiro atoms. The van der Waals surface area contributed by atoms with Crippen molar-refractivity contribution < 1.29 is 9.53 Å². The van der Waals surface area contributed by atoms with Gasteiger partial charge in [0, 0.05) is 12.1 Å². The first-order valence-corrected chi connectivity index (χ1v) is 8.77. The minimum absolute atomic E-state index is 0.00464. The topological polar surface area (TPSA) is 38.3 Å². The highest BCUT2D eigenvalue weighted by atomic mass is 127. The second kappa shape index (κ2) is 10.0. The summed E-state index contributed by atoms with van der Waals surface area (Å²) in [6, 6.07) is 7.30. The predicted octanol–water partition coefficient (Wildman–Crippen LogP) is 4.20. The Bertz CT molecular complexity index is 390. The number of amides is 1. The van der Waals surface area contributed by atoms with Crippen molar-refractivity contribution in [3.63, 3.8) is 0 Å². The molecule has 0 aromatic heterocycles. The van der Waals surface area contributed by atoms with Crippen LogP contribution in [0.5, 0.6) is 5.75 Å². The van der Waals surface area contributed by atoms with Crippen LogP contribution < -0.4 is 10.1 Å². The van der Waals surface area contributed by atoms with Gasteiger partial charge in [0.1, 0.15) is 5.75 Å². The van der Waals surface area contributed by atoms with Crippen LogP contribution in [0.25, 0.3) is 0 Å². The summed E-state index contributed by atoms with van der Waals surface area (Å²) in [5.41, 5.74) is 0.688. The first kappa shape index (κ1) is 17.3. The highest BCUT2D eigenvalue weighted by molar-refractivity contribution is 14.1. The molecule has 0 saturated heterocycles. The zero-order chi connectivity index (χ0) is 14.8. The Morgan fingerprint density at radius 1 is 1.15 bits per heavy atom. The van der Waals surface area contributed by atoms with Crippen molar-refractivity contribution in [3.05, 3.63) is 29.8 Å². The Kier molecular flexibility index (Phi) is 8.65. The molecule has 4 heteroatoms. The first-order valence-electron chi connectivity index (χ1n) is 7.24. The lowest BCUT2D eigenvalue weighted by molar-refractivity contribution is 0.0953. The largest absolute Gasteiger partial charge is 0.491 e. The van der Waals surface area contributed by atoms with E-state index < -0.39 is 0 Å². The summed E-state index contributed by atoms with van der Waals surface area (Å²) < 4.78 is 6.77. The summed E-state index contributed by atoms with van der Waals surface area (Å²) in [7, 11) is 0. The first-order chi connectivity index (χ1) is 9.63. The summed E-state index contributed by atoms with van der Waals surface area (Å²) in [5, 5.41) is 2.95. The Morgan fingerprint density at radius 2 is 1.80 bits per heavy atom. The van der Waals surface area contributed by atoms with Crippen molar-refractivity contribution in [1.82, 2.24) is 5.32 Å². The summed E-state index contributed by atoms with van der Waals surface area (Å²) in [5.74, 6) is 0.797. The van der Waals surface area contributed by atoms with E-state index in [1.807, 2.05) is 38.1 Å². The van der Waals surface area contributed by atoms with Gasteiger partial charge >= 0.3 is 0 Å². The Morgan fingerprint density at radius 3 is 2.40 bits per heavy atom.